The van der Waals surface area contributed by atoms with Crippen molar-refractivity contribution < 1.29 is 14.3 Å². The average Bonchev–Trinajstić information content (AvgIpc) is 2.58. The molecule has 1 N–H and O–H groups in total. The molecule has 0 aromatic heterocycles. The molecular formula is C18H19NO3. The van der Waals surface area contributed by atoms with Crippen LogP contribution in [0.5, 0.6) is 0 Å². The number of benzene rings is 2. The molecule has 2 rings (SSSR count). The number of esters is 1. The first-order chi connectivity index (χ1) is 10.7. The molecule has 0 fully saturated rings. The van der Waals surface area contributed by atoms with E-state index in [0.717, 1.165) is 18.4 Å². The zero-order valence-corrected chi connectivity index (χ0v) is 12.5. The Balaban J connectivity index is 2.03. The SMILES string of the molecule is COC(=O)CNC(=O)c1ccccc1CCc1ccccc1. The van der Waals surface area contributed by atoms with E-state index >= 15 is 0 Å². The quantitative estimate of drug-likeness (QED) is 0.833. The van der Waals surface area contributed by atoms with Crippen LogP contribution in [0.25, 0.3) is 0 Å². The van der Waals surface area contributed by atoms with Gasteiger partial charge >= 0.3 is 5.97 Å². The highest BCUT2D eigenvalue weighted by molar-refractivity contribution is 5.97. The highest BCUT2D eigenvalue weighted by atomic mass is 16.5. The van der Waals surface area contributed by atoms with Gasteiger partial charge in [-0.15, -0.1) is 0 Å². The summed E-state index contributed by atoms with van der Waals surface area (Å²) in [5.41, 5.74) is 2.79. The smallest absolute Gasteiger partial charge is 0.325 e. The zero-order chi connectivity index (χ0) is 15.8. The molecule has 114 valence electrons. The van der Waals surface area contributed by atoms with Crippen LogP contribution in [0.2, 0.25) is 0 Å². The largest absolute Gasteiger partial charge is 0.468 e. The number of ether oxygens (including phenoxy) is 1. The van der Waals surface area contributed by atoms with E-state index in [-0.39, 0.29) is 12.5 Å². The van der Waals surface area contributed by atoms with Gasteiger partial charge in [-0.25, -0.2) is 0 Å². The minimum Gasteiger partial charge on any atom is -0.468 e. The lowest BCUT2D eigenvalue weighted by molar-refractivity contribution is -0.139. The van der Waals surface area contributed by atoms with Crippen LogP contribution < -0.4 is 5.32 Å². The average molecular weight is 297 g/mol. The Kier molecular flexibility index (Phi) is 5.72. The molecule has 4 nitrogen and oxygen atoms in total. The lowest BCUT2D eigenvalue weighted by Crippen LogP contribution is -2.30. The second-order valence-electron chi connectivity index (χ2n) is 4.90. The second kappa shape index (κ2) is 7.98. The molecule has 1 amide bonds. The number of amides is 1. The van der Waals surface area contributed by atoms with Crippen molar-refractivity contribution in [3.63, 3.8) is 0 Å². The standard InChI is InChI=1S/C18H19NO3/c1-22-17(20)13-19-18(21)16-10-6-5-9-15(16)12-11-14-7-3-2-4-8-14/h2-10H,11-13H2,1H3,(H,19,21). The number of nitrogens with one attached hydrogen (secondary N) is 1. The van der Waals surface area contributed by atoms with E-state index in [1.807, 2.05) is 36.4 Å². The van der Waals surface area contributed by atoms with Crippen LogP contribution in [0.4, 0.5) is 0 Å². The summed E-state index contributed by atoms with van der Waals surface area (Å²) in [6.07, 6.45) is 1.63. The molecular weight excluding hydrogens is 278 g/mol. The topological polar surface area (TPSA) is 55.4 Å². The maximum absolute atomic E-state index is 12.2. The summed E-state index contributed by atoms with van der Waals surface area (Å²) in [6.45, 7) is -0.123. The normalized spacial score (nSPS) is 10.0. The van der Waals surface area contributed by atoms with Crippen LogP contribution in [-0.2, 0) is 22.4 Å². The third-order valence-corrected chi connectivity index (χ3v) is 3.41. The van der Waals surface area contributed by atoms with Gasteiger partial charge in [0.2, 0.25) is 0 Å². The summed E-state index contributed by atoms with van der Waals surface area (Å²) in [4.78, 5) is 23.3. The maximum atomic E-state index is 12.2. The fraction of sp³-hybridized carbons (Fsp3) is 0.222. The van der Waals surface area contributed by atoms with Crippen LogP contribution in [0, 0.1) is 0 Å². The van der Waals surface area contributed by atoms with Gasteiger partial charge in [0, 0.05) is 5.56 Å². The minimum absolute atomic E-state index is 0.123. The molecule has 2 aromatic carbocycles. The first-order valence-electron chi connectivity index (χ1n) is 7.17. The molecule has 0 saturated heterocycles. The van der Waals surface area contributed by atoms with Crippen molar-refractivity contribution >= 4 is 11.9 Å². The molecule has 0 aliphatic rings. The van der Waals surface area contributed by atoms with Crippen molar-refractivity contribution in [2.45, 2.75) is 12.8 Å². The van der Waals surface area contributed by atoms with E-state index in [2.05, 4.69) is 22.2 Å². The van der Waals surface area contributed by atoms with Crippen LogP contribution in [0.15, 0.2) is 54.6 Å². The van der Waals surface area contributed by atoms with E-state index < -0.39 is 5.97 Å². The lowest BCUT2D eigenvalue weighted by Gasteiger charge is -2.10. The zero-order valence-electron chi connectivity index (χ0n) is 12.5. The number of rotatable bonds is 6. The van der Waals surface area contributed by atoms with Crippen molar-refractivity contribution in [1.82, 2.24) is 5.32 Å². The summed E-state index contributed by atoms with van der Waals surface area (Å²) in [5, 5.41) is 2.57. The molecule has 22 heavy (non-hydrogen) atoms. The molecule has 0 radical (unpaired) electrons. The molecule has 0 unspecified atom stereocenters. The first-order valence-corrected chi connectivity index (χ1v) is 7.17. The van der Waals surface area contributed by atoms with Gasteiger partial charge in [-0.3, -0.25) is 9.59 Å². The molecule has 0 heterocycles. The van der Waals surface area contributed by atoms with Crippen molar-refractivity contribution in [3.8, 4) is 0 Å². The van der Waals surface area contributed by atoms with Crippen molar-refractivity contribution in [1.29, 1.82) is 0 Å². The number of hydrogen-bond donors (Lipinski definition) is 1. The fourth-order valence-corrected chi connectivity index (χ4v) is 2.20. The van der Waals surface area contributed by atoms with Gasteiger partial charge < -0.3 is 10.1 Å². The number of hydrogen-bond acceptors (Lipinski definition) is 3. The predicted octanol–water partition coefficient (Wildman–Crippen LogP) is 2.37. The molecule has 0 spiro atoms. The number of aryl methyl sites for hydroxylation is 2. The predicted molar refractivity (Wildman–Crippen MR) is 84.6 cm³/mol. The summed E-state index contributed by atoms with van der Waals surface area (Å²) in [7, 11) is 1.29. The Labute approximate surface area is 130 Å². The maximum Gasteiger partial charge on any atom is 0.325 e. The van der Waals surface area contributed by atoms with E-state index in [1.54, 1.807) is 6.07 Å². The second-order valence-corrected chi connectivity index (χ2v) is 4.90. The molecule has 2 aromatic rings. The summed E-state index contributed by atoms with van der Waals surface area (Å²) in [5.74, 6) is -0.718. The van der Waals surface area contributed by atoms with Crippen LogP contribution >= 0.6 is 0 Å². The minimum atomic E-state index is -0.463. The van der Waals surface area contributed by atoms with E-state index in [1.165, 1.54) is 12.7 Å². The van der Waals surface area contributed by atoms with Gasteiger partial charge in [0.05, 0.1) is 7.11 Å². The lowest BCUT2D eigenvalue weighted by atomic mass is 9.99. The molecule has 0 aliphatic heterocycles. The molecule has 0 atom stereocenters. The molecule has 4 heteroatoms. The van der Waals surface area contributed by atoms with Gasteiger partial charge in [-0.05, 0) is 30.0 Å². The fourth-order valence-electron chi connectivity index (χ4n) is 2.20. The van der Waals surface area contributed by atoms with E-state index in [9.17, 15) is 9.59 Å². The van der Waals surface area contributed by atoms with Crippen molar-refractivity contribution in [2.75, 3.05) is 13.7 Å². The van der Waals surface area contributed by atoms with Gasteiger partial charge in [-0.2, -0.15) is 0 Å². The van der Waals surface area contributed by atoms with E-state index in [4.69, 9.17) is 0 Å². The van der Waals surface area contributed by atoms with Gasteiger partial charge in [-0.1, -0.05) is 48.5 Å². The van der Waals surface area contributed by atoms with Gasteiger partial charge in [0.25, 0.3) is 5.91 Å². The monoisotopic (exact) mass is 297 g/mol. The molecule has 0 bridgehead atoms. The number of carbonyl (C=O) groups excluding carboxylic acids is 2. The Bertz CT molecular complexity index is 638. The summed E-state index contributed by atoms with van der Waals surface area (Å²) in [6, 6.07) is 17.6. The van der Waals surface area contributed by atoms with E-state index in [0.29, 0.717) is 5.56 Å². The Morgan fingerprint density at radius 1 is 0.955 bits per heavy atom. The third kappa shape index (κ3) is 4.45. The van der Waals surface area contributed by atoms with Crippen LogP contribution in [0.1, 0.15) is 21.5 Å². The van der Waals surface area contributed by atoms with Gasteiger partial charge in [0.15, 0.2) is 0 Å². The van der Waals surface area contributed by atoms with Crippen LogP contribution in [0.3, 0.4) is 0 Å². The van der Waals surface area contributed by atoms with Gasteiger partial charge in [0.1, 0.15) is 6.54 Å². The Morgan fingerprint density at radius 2 is 1.64 bits per heavy atom. The molecule has 0 saturated carbocycles. The third-order valence-electron chi connectivity index (χ3n) is 3.41. The Hall–Kier alpha value is -2.62. The first kappa shape index (κ1) is 15.8. The number of methoxy groups -OCH3 is 1. The highest BCUT2D eigenvalue weighted by Crippen LogP contribution is 2.12. The summed E-state index contributed by atoms with van der Waals surface area (Å²) < 4.78 is 4.52. The molecule has 0 aliphatic carbocycles. The van der Waals surface area contributed by atoms with Crippen LogP contribution in [-0.4, -0.2) is 25.5 Å². The Morgan fingerprint density at radius 3 is 2.36 bits per heavy atom. The highest BCUT2D eigenvalue weighted by Gasteiger charge is 2.12. The van der Waals surface area contributed by atoms with Crippen molar-refractivity contribution in [2.24, 2.45) is 0 Å². The summed E-state index contributed by atoms with van der Waals surface area (Å²) >= 11 is 0. The number of carbonyl (C=O) groups is 2. The van der Waals surface area contributed by atoms with Crippen molar-refractivity contribution in [3.05, 3.63) is 71.3 Å².